The van der Waals surface area contributed by atoms with E-state index < -0.39 is 0 Å². The Kier molecular flexibility index (Phi) is 4.93. The van der Waals surface area contributed by atoms with Crippen molar-refractivity contribution in [2.45, 2.75) is 12.3 Å². The van der Waals surface area contributed by atoms with Crippen molar-refractivity contribution < 1.29 is 4.79 Å². The number of carbonyl (C=O) groups excluding carboxylic acids is 1. The lowest BCUT2D eigenvalue weighted by Gasteiger charge is -2.33. The maximum absolute atomic E-state index is 12.3. The van der Waals surface area contributed by atoms with Crippen molar-refractivity contribution in [3.63, 3.8) is 0 Å². The molecule has 19 heavy (non-hydrogen) atoms. The molecule has 1 aromatic carbocycles. The Hall–Kier alpha value is -1.39. The average Bonchev–Trinajstić information content (AvgIpc) is 2.46. The molecule has 1 aliphatic heterocycles. The zero-order valence-corrected chi connectivity index (χ0v) is 11.6. The molecule has 1 aliphatic rings. The van der Waals surface area contributed by atoms with Crippen LogP contribution in [-0.2, 0) is 4.79 Å². The van der Waals surface area contributed by atoms with E-state index in [0.717, 1.165) is 31.7 Å². The first kappa shape index (κ1) is 14.0. The molecule has 0 aliphatic carbocycles. The van der Waals surface area contributed by atoms with Crippen molar-refractivity contribution >= 4 is 5.91 Å². The quantitative estimate of drug-likeness (QED) is 0.876. The zero-order chi connectivity index (χ0) is 13.7. The van der Waals surface area contributed by atoms with Gasteiger partial charge in [-0.15, -0.1) is 0 Å². The van der Waals surface area contributed by atoms with Crippen LogP contribution in [0.25, 0.3) is 0 Å². The van der Waals surface area contributed by atoms with Gasteiger partial charge in [-0.3, -0.25) is 4.79 Å². The first-order valence-corrected chi connectivity index (χ1v) is 6.92. The van der Waals surface area contributed by atoms with Gasteiger partial charge in [-0.2, -0.15) is 0 Å². The molecule has 2 N–H and O–H groups in total. The highest BCUT2D eigenvalue weighted by Crippen LogP contribution is 2.19. The fourth-order valence-corrected chi connectivity index (χ4v) is 2.46. The number of hydrogen-bond acceptors (Lipinski definition) is 3. The first-order chi connectivity index (χ1) is 9.20. The van der Waals surface area contributed by atoms with Crippen LogP contribution in [0.2, 0.25) is 0 Å². The molecule has 0 saturated carbocycles. The Bertz CT molecular complexity index is 399. The minimum atomic E-state index is 0.133. The van der Waals surface area contributed by atoms with E-state index in [0.29, 0.717) is 13.0 Å². The second kappa shape index (κ2) is 6.68. The van der Waals surface area contributed by atoms with Crippen LogP contribution in [-0.4, -0.2) is 55.5 Å². The maximum Gasteiger partial charge on any atom is 0.223 e. The van der Waals surface area contributed by atoms with Gasteiger partial charge in [0.25, 0.3) is 0 Å². The molecule has 2 rings (SSSR count). The summed E-state index contributed by atoms with van der Waals surface area (Å²) in [4.78, 5) is 16.5. The molecule has 4 heteroatoms. The Morgan fingerprint density at radius 2 is 1.84 bits per heavy atom. The van der Waals surface area contributed by atoms with Crippen LogP contribution in [0.1, 0.15) is 17.9 Å². The molecular weight excluding hydrogens is 238 g/mol. The predicted molar refractivity (Wildman–Crippen MR) is 76.9 cm³/mol. The molecule has 1 atom stereocenters. The second-order valence-electron chi connectivity index (χ2n) is 5.23. The van der Waals surface area contributed by atoms with Crippen LogP contribution < -0.4 is 5.73 Å². The highest BCUT2D eigenvalue weighted by molar-refractivity contribution is 5.77. The van der Waals surface area contributed by atoms with E-state index in [2.05, 4.69) is 24.1 Å². The van der Waals surface area contributed by atoms with Gasteiger partial charge >= 0.3 is 0 Å². The average molecular weight is 261 g/mol. The number of amides is 1. The Labute approximate surface area is 115 Å². The number of benzene rings is 1. The number of carbonyl (C=O) groups is 1. The van der Waals surface area contributed by atoms with Crippen molar-refractivity contribution in [1.82, 2.24) is 9.80 Å². The van der Waals surface area contributed by atoms with Crippen molar-refractivity contribution in [3.05, 3.63) is 35.9 Å². The lowest BCUT2D eigenvalue weighted by atomic mass is 9.95. The molecule has 1 amide bonds. The molecule has 4 nitrogen and oxygen atoms in total. The highest BCUT2D eigenvalue weighted by atomic mass is 16.2. The number of nitrogens with two attached hydrogens (primary N) is 1. The standard InChI is InChI=1S/C15H23N3O/c1-17-7-9-18(10-8-17)15(19)11-14(12-16)13-5-3-2-4-6-13/h2-6,14H,7-12,16H2,1H3. The third-order valence-corrected chi connectivity index (χ3v) is 3.83. The Morgan fingerprint density at radius 3 is 2.42 bits per heavy atom. The van der Waals surface area contributed by atoms with Gasteiger partial charge in [-0.05, 0) is 19.2 Å². The van der Waals surface area contributed by atoms with Crippen molar-refractivity contribution in [1.29, 1.82) is 0 Å². The zero-order valence-electron chi connectivity index (χ0n) is 11.6. The summed E-state index contributed by atoms with van der Waals surface area (Å²) in [5.41, 5.74) is 6.99. The van der Waals surface area contributed by atoms with Gasteiger partial charge in [0.2, 0.25) is 5.91 Å². The minimum absolute atomic E-state index is 0.133. The first-order valence-electron chi connectivity index (χ1n) is 6.92. The molecule has 1 unspecified atom stereocenters. The van der Waals surface area contributed by atoms with E-state index in [-0.39, 0.29) is 11.8 Å². The Balaban J connectivity index is 1.93. The topological polar surface area (TPSA) is 49.6 Å². The third kappa shape index (κ3) is 3.78. The van der Waals surface area contributed by atoms with E-state index in [1.165, 1.54) is 0 Å². The fourth-order valence-electron chi connectivity index (χ4n) is 2.46. The lowest BCUT2D eigenvalue weighted by Crippen LogP contribution is -2.47. The summed E-state index contributed by atoms with van der Waals surface area (Å²) in [6.45, 7) is 4.11. The van der Waals surface area contributed by atoms with E-state index >= 15 is 0 Å². The fraction of sp³-hybridized carbons (Fsp3) is 0.533. The molecule has 0 radical (unpaired) electrons. The van der Waals surface area contributed by atoms with Crippen LogP contribution in [0.3, 0.4) is 0 Å². The lowest BCUT2D eigenvalue weighted by molar-refractivity contribution is -0.133. The summed E-state index contributed by atoms with van der Waals surface area (Å²) < 4.78 is 0. The van der Waals surface area contributed by atoms with Crippen LogP contribution in [0.4, 0.5) is 0 Å². The van der Waals surface area contributed by atoms with Gasteiger partial charge in [0.15, 0.2) is 0 Å². The highest BCUT2D eigenvalue weighted by Gasteiger charge is 2.22. The molecular formula is C15H23N3O. The van der Waals surface area contributed by atoms with Crippen LogP contribution in [0, 0.1) is 0 Å². The summed E-state index contributed by atoms with van der Waals surface area (Å²) in [5, 5.41) is 0. The summed E-state index contributed by atoms with van der Waals surface area (Å²) in [7, 11) is 2.09. The van der Waals surface area contributed by atoms with Crippen LogP contribution >= 0.6 is 0 Å². The Morgan fingerprint density at radius 1 is 1.21 bits per heavy atom. The molecule has 0 aromatic heterocycles. The number of rotatable bonds is 4. The van der Waals surface area contributed by atoms with E-state index in [4.69, 9.17) is 5.73 Å². The minimum Gasteiger partial charge on any atom is -0.340 e. The number of piperazine rings is 1. The van der Waals surface area contributed by atoms with E-state index in [1.54, 1.807) is 0 Å². The molecule has 0 spiro atoms. The third-order valence-electron chi connectivity index (χ3n) is 3.83. The predicted octanol–water partition coefficient (Wildman–Crippen LogP) is 0.893. The van der Waals surface area contributed by atoms with Crippen LogP contribution in [0.5, 0.6) is 0 Å². The normalized spacial score (nSPS) is 18.3. The van der Waals surface area contributed by atoms with E-state index in [1.807, 2.05) is 23.1 Å². The summed E-state index contributed by atoms with van der Waals surface area (Å²) in [6.07, 6.45) is 0.518. The molecule has 1 fully saturated rings. The van der Waals surface area contributed by atoms with Crippen molar-refractivity contribution in [2.75, 3.05) is 39.8 Å². The van der Waals surface area contributed by atoms with Gasteiger partial charge in [-0.25, -0.2) is 0 Å². The van der Waals surface area contributed by atoms with Crippen molar-refractivity contribution in [3.8, 4) is 0 Å². The largest absolute Gasteiger partial charge is 0.340 e. The maximum atomic E-state index is 12.3. The van der Waals surface area contributed by atoms with Gasteiger partial charge < -0.3 is 15.5 Å². The number of likely N-dealkylation sites (N-methyl/N-ethyl adjacent to an activating group) is 1. The van der Waals surface area contributed by atoms with Gasteiger partial charge in [0, 0.05) is 38.5 Å². The summed E-state index contributed by atoms with van der Waals surface area (Å²) in [6, 6.07) is 10.1. The van der Waals surface area contributed by atoms with Gasteiger partial charge in [-0.1, -0.05) is 30.3 Å². The SMILES string of the molecule is CN1CCN(C(=O)CC(CN)c2ccccc2)CC1. The van der Waals surface area contributed by atoms with E-state index in [9.17, 15) is 4.79 Å². The number of nitrogens with zero attached hydrogens (tertiary/aromatic N) is 2. The van der Waals surface area contributed by atoms with Crippen molar-refractivity contribution in [2.24, 2.45) is 5.73 Å². The summed E-state index contributed by atoms with van der Waals surface area (Å²) >= 11 is 0. The van der Waals surface area contributed by atoms with Gasteiger partial charge in [0.1, 0.15) is 0 Å². The van der Waals surface area contributed by atoms with Crippen LogP contribution in [0.15, 0.2) is 30.3 Å². The summed E-state index contributed by atoms with van der Waals surface area (Å²) in [5.74, 6) is 0.362. The second-order valence-corrected chi connectivity index (χ2v) is 5.23. The molecule has 1 saturated heterocycles. The van der Waals surface area contributed by atoms with Gasteiger partial charge in [0.05, 0.1) is 0 Å². The smallest absolute Gasteiger partial charge is 0.223 e. The molecule has 1 heterocycles. The number of hydrogen-bond donors (Lipinski definition) is 1. The monoisotopic (exact) mass is 261 g/mol. The molecule has 1 aromatic rings. The molecule has 104 valence electrons. The molecule has 0 bridgehead atoms.